The lowest BCUT2D eigenvalue weighted by Gasteiger charge is -2.25. The largest absolute Gasteiger partial charge is 0.485 e. The van der Waals surface area contributed by atoms with Crippen molar-refractivity contribution in [2.45, 2.75) is 12.3 Å². The fourth-order valence-electron chi connectivity index (χ4n) is 2.19. The van der Waals surface area contributed by atoms with Crippen LogP contribution in [0.5, 0.6) is 11.5 Å². The fourth-order valence-corrected chi connectivity index (χ4v) is 2.19. The zero-order valence-electron chi connectivity index (χ0n) is 13.2. The van der Waals surface area contributed by atoms with E-state index in [-0.39, 0.29) is 18.0 Å². The molecule has 2 aromatic carbocycles. The van der Waals surface area contributed by atoms with Gasteiger partial charge in [0.2, 0.25) is 0 Å². The van der Waals surface area contributed by atoms with Gasteiger partial charge in [-0.15, -0.1) is 0 Å². The molecule has 0 fully saturated rings. The number of carbonyl (C=O) groups excluding carboxylic acids is 1. The Morgan fingerprint density at radius 3 is 2.62 bits per heavy atom. The third kappa shape index (κ3) is 3.88. The van der Waals surface area contributed by atoms with Crippen LogP contribution in [-0.4, -0.2) is 24.5 Å². The number of amidine groups is 1. The molecule has 9 heteroatoms. The summed E-state index contributed by atoms with van der Waals surface area (Å²) >= 11 is 0. The number of halogens is 3. The number of hydrogen-bond donors (Lipinski definition) is 1. The van der Waals surface area contributed by atoms with Crippen molar-refractivity contribution in [3.8, 4) is 11.5 Å². The van der Waals surface area contributed by atoms with E-state index >= 15 is 0 Å². The SMILES string of the molecule is NC(=NOC(=O)c1cccc(C(F)(F)F)c1)[C@@H]1COc2ccccc2O1. The summed E-state index contributed by atoms with van der Waals surface area (Å²) in [6, 6.07) is 10.7. The number of rotatable bonds is 3. The van der Waals surface area contributed by atoms with Crippen LogP contribution in [0.15, 0.2) is 53.7 Å². The number of hydrogen-bond acceptors (Lipinski definition) is 5. The van der Waals surface area contributed by atoms with Crippen molar-refractivity contribution in [3.05, 3.63) is 59.7 Å². The number of nitrogens with two attached hydrogens (primary N) is 1. The maximum atomic E-state index is 12.7. The van der Waals surface area contributed by atoms with E-state index in [4.69, 9.17) is 15.2 Å². The van der Waals surface area contributed by atoms with Gasteiger partial charge in [-0.1, -0.05) is 23.4 Å². The highest BCUT2D eigenvalue weighted by Gasteiger charge is 2.31. The lowest BCUT2D eigenvalue weighted by atomic mass is 10.1. The predicted octanol–water partition coefficient (Wildman–Crippen LogP) is 2.97. The maximum Gasteiger partial charge on any atom is 0.416 e. The van der Waals surface area contributed by atoms with Gasteiger partial charge in [0, 0.05) is 0 Å². The van der Waals surface area contributed by atoms with Crippen LogP contribution in [0.1, 0.15) is 15.9 Å². The van der Waals surface area contributed by atoms with Crippen molar-refractivity contribution in [1.82, 2.24) is 0 Å². The van der Waals surface area contributed by atoms with Gasteiger partial charge in [0.25, 0.3) is 0 Å². The smallest absolute Gasteiger partial charge is 0.416 e. The summed E-state index contributed by atoms with van der Waals surface area (Å²) in [6.07, 6.45) is -5.36. The normalized spacial score (nSPS) is 16.9. The second-order valence-electron chi connectivity index (χ2n) is 5.34. The molecular formula is C17H13F3N2O4. The minimum absolute atomic E-state index is 0.0491. The molecule has 1 aliphatic rings. The molecule has 0 spiro atoms. The molecule has 1 atom stereocenters. The van der Waals surface area contributed by atoms with Crippen LogP contribution in [0, 0.1) is 0 Å². The highest BCUT2D eigenvalue weighted by atomic mass is 19.4. The van der Waals surface area contributed by atoms with Crippen LogP contribution >= 0.6 is 0 Å². The Bertz CT molecular complexity index is 852. The Kier molecular flexibility index (Phi) is 4.70. The van der Waals surface area contributed by atoms with Crippen LogP contribution in [0.4, 0.5) is 13.2 Å². The average Bonchev–Trinajstić information content (AvgIpc) is 2.64. The van der Waals surface area contributed by atoms with Gasteiger partial charge in [-0.25, -0.2) is 4.79 Å². The molecule has 1 heterocycles. The minimum atomic E-state index is -4.57. The van der Waals surface area contributed by atoms with E-state index in [1.54, 1.807) is 24.3 Å². The molecule has 0 aliphatic carbocycles. The molecule has 2 N–H and O–H groups in total. The first kappa shape index (κ1) is 17.6. The second-order valence-corrected chi connectivity index (χ2v) is 5.34. The lowest BCUT2D eigenvalue weighted by molar-refractivity contribution is -0.137. The zero-order valence-corrected chi connectivity index (χ0v) is 13.2. The summed E-state index contributed by atoms with van der Waals surface area (Å²) in [7, 11) is 0. The third-order valence-electron chi connectivity index (χ3n) is 3.50. The molecule has 1 aliphatic heterocycles. The van der Waals surface area contributed by atoms with Gasteiger partial charge in [-0.3, -0.25) is 0 Å². The summed E-state index contributed by atoms with van der Waals surface area (Å²) in [5, 5.41) is 3.45. The van der Waals surface area contributed by atoms with Gasteiger partial charge in [-0.2, -0.15) is 13.2 Å². The molecular weight excluding hydrogens is 353 g/mol. The number of para-hydroxylation sites is 2. The summed E-state index contributed by atoms with van der Waals surface area (Å²) in [6.45, 7) is 0.0491. The third-order valence-corrected chi connectivity index (χ3v) is 3.50. The first-order chi connectivity index (χ1) is 12.3. The molecule has 0 saturated heterocycles. The van der Waals surface area contributed by atoms with Gasteiger partial charge in [0.15, 0.2) is 23.4 Å². The van der Waals surface area contributed by atoms with Crippen molar-refractivity contribution in [2.75, 3.05) is 6.61 Å². The molecule has 0 saturated carbocycles. The summed E-state index contributed by atoms with van der Waals surface area (Å²) in [5.74, 6) is -0.264. The molecule has 0 radical (unpaired) electrons. The number of carbonyl (C=O) groups is 1. The van der Waals surface area contributed by atoms with Gasteiger partial charge >= 0.3 is 12.1 Å². The quantitative estimate of drug-likeness (QED) is 0.391. The summed E-state index contributed by atoms with van der Waals surface area (Å²) in [5.41, 5.74) is 4.45. The van der Waals surface area contributed by atoms with E-state index in [1.165, 1.54) is 6.07 Å². The van der Waals surface area contributed by atoms with Gasteiger partial charge in [-0.05, 0) is 30.3 Å². The molecule has 136 valence electrons. The molecule has 0 aromatic heterocycles. The first-order valence-corrected chi connectivity index (χ1v) is 7.45. The molecule has 2 aromatic rings. The molecule has 3 rings (SSSR count). The number of alkyl halides is 3. The van der Waals surface area contributed by atoms with Crippen molar-refractivity contribution < 1.29 is 32.3 Å². The second kappa shape index (κ2) is 6.95. The van der Waals surface area contributed by atoms with E-state index in [1.807, 2.05) is 0 Å². The average molecular weight is 366 g/mol. The van der Waals surface area contributed by atoms with Gasteiger partial charge in [0.1, 0.15) is 6.61 Å². The minimum Gasteiger partial charge on any atom is -0.485 e. The van der Waals surface area contributed by atoms with Crippen molar-refractivity contribution in [2.24, 2.45) is 10.9 Å². The number of nitrogens with zero attached hydrogens (tertiary/aromatic N) is 1. The Morgan fingerprint density at radius 2 is 1.88 bits per heavy atom. The maximum absolute atomic E-state index is 12.7. The molecule has 0 unspecified atom stereocenters. The molecule has 6 nitrogen and oxygen atoms in total. The lowest BCUT2D eigenvalue weighted by Crippen LogP contribution is -2.41. The fraction of sp³-hybridized carbons (Fsp3) is 0.176. The molecule has 0 amide bonds. The molecule has 0 bridgehead atoms. The van der Waals surface area contributed by atoms with E-state index in [0.29, 0.717) is 17.6 Å². The van der Waals surface area contributed by atoms with Gasteiger partial charge < -0.3 is 20.0 Å². The standard InChI is InChI=1S/C17H13F3N2O4/c18-17(19,20)11-5-3-4-10(8-11)16(23)26-22-15(21)14-9-24-12-6-1-2-7-13(12)25-14/h1-8,14H,9H2,(H2,21,22)/t14-/m0/s1. The zero-order chi connectivity index (χ0) is 18.7. The number of ether oxygens (including phenoxy) is 2. The van der Waals surface area contributed by atoms with E-state index in [9.17, 15) is 18.0 Å². The highest BCUT2D eigenvalue weighted by Crippen LogP contribution is 2.31. The number of oxime groups is 1. The number of benzene rings is 2. The summed E-state index contributed by atoms with van der Waals surface area (Å²) < 4.78 is 49.1. The van der Waals surface area contributed by atoms with Crippen molar-refractivity contribution in [1.29, 1.82) is 0 Å². The van der Waals surface area contributed by atoms with E-state index in [0.717, 1.165) is 12.1 Å². The topological polar surface area (TPSA) is 83.1 Å². The first-order valence-electron chi connectivity index (χ1n) is 7.45. The Morgan fingerprint density at radius 1 is 1.15 bits per heavy atom. The molecule has 26 heavy (non-hydrogen) atoms. The predicted molar refractivity (Wildman–Crippen MR) is 84.8 cm³/mol. The van der Waals surface area contributed by atoms with E-state index in [2.05, 4.69) is 9.99 Å². The van der Waals surface area contributed by atoms with Crippen LogP contribution in [0.25, 0.3) is 0 Å². The van der Waals surface area contributed by atoms with E-state index < -0.39 is 23.8 Å². The number of fused-ring (bicyclic) bond motifs is 1. The van der Waals surface area contributed by atoms with Crippen LogP contribution < -0.4 is 15.2 Å². The Balaban J connectivity index is 1.67. The Hall–Kier alpha value is -3.23. The van der Waals surface area contributed by atoms with Crippen LogP contribution in [-0.2, 0) is 11.0 Å². The van der Waals surface area contributed by atoms with Crippen LogP contribution in [0.2, 0.25) is 0 Å². The van der Waals surface area contributed by atoms with Crippen molar-refractivity contribution in [3.63, 3.8) is 0 Å². The van der Waals surface area contributed by atoms with Crippen molar-refractivity contribution >= 4 is 11.8 Å². The highest BCUT2D eigenvalue weighted by molar-refractivity contribution is 5.91. The van der Waals surface area contributed by atoms with Crippen LogP contribution in [0.3, 0.4) is 0 Å². The Labute approximate surface area is 145 Å². The summed E-state index contributed by atoms with van der Waals surface area (Å²) in [4.78, 5) is 16.5. The monoisotopic (exact) mass is 366 g/mol. The van der Waals surface area contributed by atoms with Gasteiger partial charge in [0.05, 0.1) is 11.1 Å².